The topological polar surface area (TPSA) is 42.2 Å². The Morgan fingerprint density at radius 1 is 1.08 bits per heavy atom. The Labute approximate surface area is 153 Å². The molecule has 0 bridgehead atoms. The average molecular weight is 345 g/mol. The van der Waals surface area contributed by atoms with E-state index < -0.39 is 6.23 Å². The molecule has 1 saturated carbocycles. The van der Waals surface area contributed by atoms with Gasteiger partial charge in [0.25, 0.3) is 0 Å². The number of carbonyl (C=O) groups excluding carboxylic acids is 1. The lowest BCUT2D eigenvalue weighted by atomic mass is 9.81. The Kier molecular flexibility index (Phi) is 3.54. The lowest BCUT2D eigenvalue weighted by Crippen LogP contribution is -2.06. The largest absolute Gasteiger partial charge is 0.369 e. The normalized spacial score (nSPS) is 19.5. The third-order valence-corrected chi connectivity index (χ3v) is 6.20. The summed E-state index contributed by atoms with van der Waals surface area (Å²) in [5.74, 6) is 0.593. The molecule has 1 atom stereocenters. The fraction of sp³-hybridized carbons (Fsp3) is 0.348. The molecule has 0 amide bonds. The zero-order valence-corrected chi connectivity index (χ0v) is 15.0. The van der Waals surface area contributed by atoms with Gasteiger partial charge in [0.05, 0.1) is 11.2 Å². The van der Waals surface area contributed by atoms with Gasteiger partial charge in [0.1, 0.15) is 0 Å². The standard InChI is InChI=1S/C23H23NO2/c1-14(25)16-11-12-19-20(13-16)24-22(21(19)15-7-3-2-4-8-15)17-9-5-6-10-18(17)23(24)26/h5-6,9-13,15,23,26H,2-4,7-8H2,1H3. The highest BCUT2D eigenvalue weighted by molar-refractivity contribution is 6.01. The van der Waals surface area contributed by atoms with E-state index in [0.717, 1.165) is 22.3 Å². The summed E-state index contributed by atoms with van der Waals surface area (Å²) in [6.07, 6.45) is 5.60. The maximum Gasteiger partial charge on any atom is 0.159 e. The number of aliphatic hydroxyl groups excluding tert-OH is 1. The summed E-state index contributed by atoms with van der Waals surface area (Å²) in [5.41, 5.74) is 6.33. The van der Waals surface area contributed by atoms with E-state index in [4.69, 9.17) is 0 Å². The number of aliphatic hydroxyl groups is 1. The number of Topliss-reactive ketones (excluding diaryl/α,β-unsaturated/α-hetero) is 1. The number of benzene rings is 2. The van der Waals surface area contributed by atoms with Crippen LogP contribution in [0.3, 0.4) is 0 Å². The van der Waals surface area contributed by atoms with Gasteiger partial charge in [0.15, 0.2) is 12.0 Å². The minimum absolute atomic E-state index is 0.0617. The molecule has 0 saturated heterocycles. The molecule has 5 rings (SSSR count). The molecule has 3 aromatic rings. The van der Waals surface area contributed by atoms with E-state index in [1.54, 1.807) is 6.92 Å². The van der Waals surface area contributed by atoms with E-state index in [0.29, 0.717) is 11.5 Å². The van der Waals surface area contributed by atoms with Gasteiger partial charge < -0.3 is 9.67 Å². The van der Waals surface area contributed by atoms with Crippen molar-refractivity contribution in [3.8, 4) is 11.3 Å². The Hall–Kier alpha value is -2.39. The van der Waals surface area contributed by atoms with Crippen molar-refractivity contribution < 1.29 is 9.90 Å². The number of carbonyl (C=O) groups is 1. The van der Waals surface area contributed by atoms with Crippen LogP contribution < -0.4 is 0 Å². The van der Waals surface area contributed by atoms with E-state index in [2.05, 4.69) is 16.7 Å². The number of hydrogen-bond acceptors (Lipinski definition) is 2. The number of rotatable bonds is 2. The predicted molar refractivity (Wildman–Crippen MR) is 104 cm³/mol. The van der Waals surface area contributed by atoms with Crippen LogP contribution in [0.2, 0.25) is 0 Å². The molecule has 1 N–H and O–H groups in total. The van der Waals surface area contributed by atoms with Crippen molar-refractivity contribution in [1.29, 1.82) is 0 Å². The van der Waals surface area contributed by atoms with Crippen molar-refractivity contribution in [1.82, 2.24) is 4.57 Å². The maximum atomic E-state index is 11.9. The molecule has 1 fully saturated rings. The summed E-state index contributed by atoms with van der Waals surface area (Å²) in [7, 11) is 0. The molecule has 1 aromatic heterocycles. The van der Waals surface area contributed by atoms with Crippen LogP contribution in [0.5, 0.6) is 0 Å². The van der Waals surface area contributed by atoms with Crippen molar-refractivity contribution in [2.45, 2.75) is 51.2 Å². The lowest BCUT2D eigenvalue weighted by molar-refractivity contribution is 0.101. The molecule has 26 heavy (non-hydrogen) atoms. The molecule has 1 unspecified atom stereocenters. The molecule has 2 aliphatic rings. The van der Waals surface area contributed by atoms with E-state index in [1.807, 2.05) is 30.3 Å². The summed E-state index contributed by atoms with van der Waals surface area (Å²) in [6.45, 7) is 1.60. The van der Waals surface area contributed by atoms with Crippen molar-refractivity contribution in [2.24, 2.45) is 0 Å². The quantitative estimate of drug-likeness (QED) is 0.631. The van der Waals surface area contributed by atoms with Crippen molar-refractivity contribution in [3.63, 3.8) is 0 Å². The predicted octanol–water partition coefficient (Wildman–Crippen LogP) is 5.41. The molecular formula is C23H23NO2. The van der Waals surface area contributed by atoms with Crippen LogP contribution in [0.25, 0.3) is 22.2 Å². The van der Waals surface area contributed by atoms with Gasteiger partial charge in [-0.1, -0.05) is 55.7 Å². The van der Waals surface area contributed by atoms with E-state index >= 15 is 0 Å². The van der Waals surface area contributed by atoms with E-state index in [9.17, 15) is 9.90 Å². The highest BCUT2D eigenvalue weighted by atomic mass is 16.3. The zero-order chi connectivity index (χ0) is 17.8. The third kappa shape index (κ3) is 2.13. The summed E-state index contributed by atoms with van der Waals surface area (Å²) in [6, 6.07) is 14.2. The average Bonchev–Trinajstić information content (AvgIpc) is 3.16. The van der Waals surface area contributed by atoms with Gasteiger partial charge in [-0.05, 0) is 37.3 Å². The second-order valence-electron chi connectivity index (χ2n) is 7.72. The fourth-order valence-corrected chi connectivity index (χ4v) is 4.97. The van der Waals surface area contributed by atoms with Crippen molar-refractivity contribution in [2.75, 3.05) is 0 Å². The highest BCUT2D eigenvalue weighted by Gasteiger charge is 2.35. The van der Waals surface area contributed by atoms with Gasteiger partial charge in [-0.15, -0.1) is 0 Å². The van der Waals surface area contributed by atoms with Crippen LogP contribution in [0.4, 0.5) is 0 Å². The second kappa shape index (κ2) is 5.82. The van der Waals surface area contributed by atoms with Crippen molar-refractivity contribution in [3.05, 3.63) is 59.2 Å². The SMILES string of the molecule is CC(=O)c1ccc2c(C3CCCCC3)c3n(c2c1)C(O)c1ccccc1-3. The number of aromatic nitrogens is 1. The van der Waals surface area contributed by atoms with E-state index in [-0.39, 0.29) is 5.78 Å². The molecule has 2 heterocycles. The number of ketones is 1. The van der Waals surface area contributed by atoms with Gasteiger partial charge >= 0.3 is 0 Å². The molecule has 0 spiro atoms. The molecule has 0 radical (unpaired) electrons. The Balaban J connectivity index is 1.85. The number of hydrogen-bond donors (Lipinski definition) is 1. The van der Waals surface area contributed by atoms with Crippen LogP contribution in [0, 0.1) is 0 Å². The molecule has 2 aromatic carbocycles. The first kappa shape index (κ1) is 15.8. The number of nitrogens with zero attached hydrogens (tertiary/aromatic N) is 1. The highest BCUT2D eigenvalue weighted by Crippen LogP contribution is 2.50. The molecule has 132 valence electrons. The smallest absolute Gasteiger partial charge is 0.159 e. The summed E-state index contributed by atoms with van der Waals surface area (Å²) in [5, 5.41) is 12.3. The van der Waals surface area contributed by atoms with Gasteiger partial charge in [-0.3, -0.25) is 4.79 Å². The monoisotopic (exact) mass is 345 g/mol. The van der Waals surface area contributed by atoms with Gasteiger partial charge in [-0.25, -0.2) is 0 Å². The lowest BCUT2D eigenvalue weighted by Gasteiger charge is -2.23. The zero-order valence-electron chi connectivity index (χ0n) is 15.0. The van der Waals surface area contributed by atoms with Crippen LogP contribution in [-0.4, -0.2) is 15.5 Å². The molecule has 1 aliphatic heterocycles. The molecule has 3 nitrogen and oxygen atoms in total. The van der Waals surface area contributed by atoms with Gasteiger partial charge in [-0.2, -0.15) is 0 Å². The molecule has 3 heteroatoms. The van der Waals surface area contributed by atoms with Crippen LogP contribution in [0.15, 0.2) is 42.5 Å². The minimum Gasteiger partial charge on any atom is -0.369 e. The Morgan fingerprint density at radius 2 is 1.85 bits per heavy atom. The fourth-order valence-electron chi connectivity index (χ4n) is 4.97. The third-order valence-electron chi connectivity index (χ3n) is 6.20. The first-order chi connectivity index (χ1) is 12.7. The van der Waals surface area contributed by atoms with Gasteiger partial charge in [0, 0.05) is 22.1 Å². The van der Waals surface area contributed by atoms with Crippen molar-refractivity contribution >= 4 is 16.7 Å². The molecule has 1 aliphatic carbocycles. The van der Waals surface area contributed by atoms with Gasteiger partial charge in [0.2, 0.25) is 0 Å². The Morgan fingerprint density at radius 3 is 2.62 bits per heavy atom. The summed E-state index contributed by atoms with van der Waals surface area (Å²) >= 11 is 0. The Bertz CT molecular complexity index is 1020. The first-order valence-electron chi connectivity index (χ1n) is 9.63. The maximum absolute atomic E-state index is 11.9. The minimum atomic E-state index is -0.678. The van der Waals surface area contributed by atoms with E-state index in [1.165, 1.54) is 43.1 Å². The summed E-state index contributed by atoms with van der Waals surface area (Å²) < 4.78 is 2.05. The number of fused-ring (bicyclic) bond motifs is 5. The first-order valence-corrected chi connectivity index (χ1v) is 9.63. The van der Waals surface area contributed by atoms with Crippen LogP contribution in [0.1, 0.15) is 72.7 Å². The van der Waals surface area contributed by atoms with Crippen LogP contribution in [-0.2, 0) is 0 Å². The molecular weight excluding hydrogens is 322 g/mol. The van der Waals surface area contributed by atoms with Crippen LogP contribution >= 0.6 is 0 Å². The second-order valence-corrected chi connectivity index (χ2v) is 7.72. The summed E-state index contributed by atoms with van der Waals surface area (Å²) in [4.78, 5) is 11.9.